The molecule has 0 spiro atoms. The van der Waals surface area contributed by atoms with E-state index in [-0.39, 0.29) is 24.5 Å². The zero-order valence-corrected chi connectivity index (χ0v) is 18.3. The predicted octanol–water partition coefficient (Wildman–Crippen LogP) is 5.16. The zero-order chi connectivity index (χ0) is 22.7. The van der Waals surface area contributed by atoms with E-state index in [0.717, 1.165) is 50.0 Å². The second-order valence-corrected chi connectivity index (χ2v) is 8.85. The number of hydrogen-bond acceptors (Lipinski definition) is 3. The van der Waals surface area contributed by atoms with Crippen molar-refractivity contribution in [3.8, 4) is 5.75 Å². The van der Waals surface area contributed by atoms with Gasteiger partial charge in [-0.25, -0.2) is 0 Å². The van der Waals surface area contributed by atoms with Gasteiger partial charge in [0.05, 0.1) is 19.1 Å². The number of halogens is 3. The molecule has 1 fully saturated rings. The standard InChI is InChI=1S/C25H29F3N2O2/c1-17(29-24(31)20-6-7-20)19-4-2-18(3-5-19)15-30-12-10-21-14-23(9-8-22(21)16-30)32-13-11-25(26,27)28/h2-5,8-9,14,17,20H,6-7,10-13,15-16H2,1H3,(H,29,31)/t17-/m0/s1. The molecule has 0 radical (unpaired) electrons. The summed E-state index contributed by atoms with van der Waals surface area (Å²) in [4.78, 5) is 14.3. The summed E-state index contributed by atoms with van der Waals surface area (Å²) in [6, 6.07) is 14.0. The van der Waals surface area contributed by atoms with Gasteiger partial charge in [0.15, 0.2) is 0 Å². The fourth-order valence-electron chi connectivity index (χ4n) is 4.03. The van der Waals surface area contributed by atoms with E-state index in [1.807, 2.05) is 19.1 Å². The summed E-state index contributed by atoms with van der Waals surface area (Å²) in [7, 11) is 0. The molecule has 0 unspecified atom stereocenters. The Morgan fingerprint density at radius 2 is 1.91 bits per heavy atom. The van der Waals surface area contributed by atoms with Crippen LogP contribution in [0.15, 0.2) is 42.5 Å². The van der Waals surface area contributed by atoms with Gasteiger partial charge in [-0.3, -0.25) is 9.69 Å². The molecule has 0 bridgehead atoms. The molecule has 4 nitrogen and oxygen atoms in total. The molecule has 2 aromatic carbocycles. The van der Waals surface area contributed by atoms with Crippen LogP contribution < -0.4 is 10.1 Å². The Kier molecular flexibility index (Phi) is 6.74. The third kappa shape index (κ3) is 6.25. The number of alkyl halides is 3. The van der Waals surface area contributed by atoms with Crippen molar-refractivity contribution in [1.29, 1.82) is 0 Å². The van der Waals surface area contributed by atoms with E-state index in [1.54, 1.807) is 6.07 Å². The van der Waals surface area contributed by atoms with Gasteiger partial charge >= 0.3 is 6.18 Å². The van der Waals surface area contributed by atoms with E-state index in [2.05, 4.69) is 34.5 Å². The van der Waals surface area contributed by atoms with Crippen LogP contribution in [0.5, 0.6) is 5.75 Å². The number of benzene rings is 2. The van der Waals surface area contributed by atoms with Gasteiger partial charge in [0, 0.05) is 25.6 Å². The first-order chi connectivity index (χ1) is 15.3. The molecule has 172 valence electrons. The summed E-state index contributed by atoms with van der Waals surface area (Å²) < 4.78 is 42.2. The van der Waals surface area contributed by atoms with Crippen molar-refractivity contribution in [2.24, 2.45) is 5.92 Å². The van der Waals surface area contributed by atoms with Gasteiger partial charge in [0.2, 0.25) is 5.91 Å². The van der Waals surface area contributed by atoms with Gasteiger partial charge in [0.1, 0.15) is 5.75 Å². The van der Waals surface area contributed by atoms with Crippen LogP contribution in [0.25, 0.3) is 0 Å². The first-order valence-electron chi connectivity index (χ1n) is 11.2. The Morgan fingerprint density at radius 3 is 2.59 bits per heavy atom. The summed E-state index contributed by atoms with van der Waals surface area (Å²) in [5, 5.41) is 3.08. The van der Waals surface area contributed by atoms with E-state index < -0.39 is 12.6 Å². The lowest BCUT2D eigenvalue weighted by Crippen LogP contribution is -2.30. The van der Waals surface area contributed by atoms with Crippen LogP contribution in [-0.2, 0) is 24.3 Å². The Labute approximate surface area is 186 Å². The highest BCUT2D eigenvalue weighted by atomic mass is 19.4. The van der Waals surface area contributed by atoms with Crippen molar-refractivity contribution in [3.05, 3.63) is 64.7 Å². The van der Waals surface area contributed by atoms with Gasteiger partial charge in [-0.1, -0.05) is 30.3 Å². The van der Waals surface area contributed by atoms with Crippen LogP contribution >= 0.6 is 0 Å². The number of carbonyl (C=O) groups excluding carboxylic acids is 1. The SMILES string of the molecule is C[C@H](NC(=O)C1CC1)c1ccc(CN2CCc3cc(OCCC(F)(F)F)ccc3C2)cc1. The number of ether oxygens (including phenoxy) is 1. The number of rotatable bonds is 8. The van der Waals surface area contributed by atoms with Crippen LogP contribution in [0.4, 0.5) is 13.2 Å². The van der Waals surface area contributed by atoms with Crippen molar-refractivity contribution in [2.45, 2.75) is 57.9 Å². The molecule has 1 N–H and O–H groups in total. The van der Waals surface area contributed by atoms with Crippen molar-refractivity contribution < 1.29 is 22.7 Å². The van der Waals surface area contributed by atoms with Crippen LogP contribution in [-0.4, -0.2) is 30.1 Å². The molecule has 1 atom stereocenters. The van der Waals surface area contributed by atoms with E-state index in [9.17, 15) is 18.0 Å². The molecule has 1 aliphatic carbocycles. The molecule has 0 aromatic heterocycles. The van der Waals surface area contributed by atoms with E-state index in [0.29, 0.717) is 5.75 Å². The molecule has 32 heavy (non-hydrogen) atoms. The average molecular weight is 447 g/mol. The molecule has 4 rings (SSSR count). The summed E-state index contributed by atoms with van der Waals surface area (Å²) >= 11 is 0. The fourth-order valence-corrected chi connectivity index (χ4v) is 4.03. The molecular weight excluding hydrogens is 417 g/mol. The monoisotopic (exact) mass is 446 g/mol. The van der Waals surface area contributed by atoms with Crippen LogP contribution in [0.1, 0.15) is 54.5 Å². The molecule has 1 aliphatic heterocycles. The van der Waals surface area contributed by atoms with Crippen molar-refractivity contribution in [3.63, 3.8) is 0 Å². The van der Waals surface area contributed by atoms with Gasteiger partial charge < -0.3 is 10.1 Å². The number of nitrogens with one attached hydrogen (secondary N) is 1. The van der Waals surface area contributed by atoms with Crippen LogP contribution in [0.2, 0.25) is 0 Å². The number of hydrogen-bond donors (Lipinski definition) is 1. The quantitative estimate of drug-likeness (QED) is 0.609. The smallest absolute Gasteiger partial charge is 0.392 e. The maximum Gasteiger partial charge on any atom is 0.392 e. The summed E-state index contributed by atoms with van der Waals surface area (Å²) in [6.45, 7) is 4.17. The second-order valence-electron chi connectivity index (χ2n) is 8.85. The first-order valence-corrected chi connectivity index (χ1v) is 11.2. The molecular formula is C25H29F3N2O2. The maximum atomic E-state index is 12.3. The minimum Gasteiger partial charge on any atom is -0.493 e. The minimum atomic E-state index is -4.20. The molecule has 0 saturated heterocycles. The average Bonchev–Trinajstić information content (AvgIpc) is 3.59. The van der Waals surface area contributed by atoms with Gasteiger partial charge in [-0.2, -0.15) is 13.2 Å². The minimum absolute atomic E-state index is 0.00607. The Balaban J connectivity index is 1.28. The second kappa shape index (κ2) is 9.53. The lowest BCUT2D eigenvalue weighted by Gasteiger charge is -2.29. The van der Waals surface area contributed by atoms with Gasteiger partial charge in [-0.05, 0) is 60.6 Å². The Morgan fingerprint density at radius 1 is 1.16 bits per heavy atom. The Bertz CT molecular complexity index is 939. The van der Waals surface area contributed by atoms with Gasteiger partial charge in [0.25, 0.3) is 0 Å². The summed E-state index contributed by atoms with van der Waals surface area (Å²) in [5.74, 6) is 0.864. The van der Waals surface area contributed by atoms with Crippen LogP contribution in [0.3, 0.4) is 0 Å². The number of carbonyl (C=O) groups is 1. The highest BCUT2D eigenvalue weighted by Gasteiger charge is 2.30. The summed E-state index contributed by atoms with van der Waals surface area (Å²) in [6.07, 6.45) is -2.29. The van der Waals surface area contributed by atoms with Crippen molar-refractivity contribution in [1.82, 2.24) is 10.2 Å². The fraction of sp³-hybridized carbons (Fsp3) is 0.480. The predicted molar refractivity (Wildman–Crippen MR) is 116 cm³/mol. The molecule has 7 heteroatoms. The third-order valence-electron chi connectivity index (χ3n) is 6.12. The normalized spacial score (nSPS) is 17.5. The lowest BCUT2D eigenvalue weighted by atomic mass is 9.98. The molecule has 1 saturated carbocycles. The Hall–Kier alpha value is -2.54. The number of amides is 1. The van der Waals surface area contributed by atoms with Crippen LogP contribution in [0, 0.1) is 5.92 Å². The highest BCUT2D eigenvalue weighted by Crippen LogP contribution is 2.30. The van der Waals surface area contributed by atoms with Crippen molar-refractivity contribution in [2.75, 3.05) is 13.2 Å². The topological polar surface area (TPSA) is 41.6 Å². The molecule has 2 aliphatic rings. The van der Waals surface area contributed by atoms with Gasteiger partial charge in [-0.15, -0.1) is 0 Å². The maximum absolute atomic E-state index is 12.3. The summed E-state index contributed by atoms with van der Waals surface area (Å²) in [5.41, 5.74) is 4.64. The largest absolute Gasteiger partial charge is 0.493 e. The zero-order valence-electron chi connectivity index (χ0n) is 18.3. The number of fused-ring (bicyclic) bond motifs is 1. The molecule has 2 aromatic rings. The van der Waals surface area contributed by atoms with Crippen molar-refractivity contribution >= 4 is 5.91 Å². The molecule has 1 amide bonds. The van der Waals surface area contributed by atoms with E-state index in [4.69, 9.17) is 4.74 Å². The van der Waals surface area contributed by atoms with E-state index in [1.165, 1.54) is 11.1 Å². The molecule has 1 heterocycles. The highest BCUT2D eigenvalue weighted by molar-refractivity contribution is 5.81. The first kappa shape index (κ1) is 22.6. The third-order valence-corrected chi connectivity index (χ3v) is 6.12. The lowest BCUT2D eigenvalue weighted by molar-refractivity contribution is -0.139. The van der Waals surface area contributed by atoms with E-state index >= 15 is 0 Å². The number of nitrogens with zero attached hydrogens (tertiary/aromatic N) is 1.